The Labute approximate surface area is 155 Å². The van der Waals surface area contributed by atoms with Crippen LogP contribution in [-0.4, -0.2) is 85.7 Å². The summed E-state index contributed by atoms with van der Waals surface area (Å²) in [6, 6.07) is 0. The molecule has 7 heteroatoms. The number of ether oxygens (including phenoxy) is 1. The number of rotatable bonds is 3. The highest BCUT2D eigenvalue weighted by Gasteiger charge is 2.44. The smallest absolute Gasteiger partial charge is 0.236 e. The number of carbonyl (C=O) groups excluding carboxylic acids is 1. The highest BCUT2D eigenvalue weighted by molar-refractivity contribution is 5.78. The lowest BCUT2D eigenvalue weighted by atomic mass is 9.77. The van der Waals surface area contributed by atoms with Gasteiger partial charge in [-0.15, -0.1) is 0 Å². The van der Waals surface area contributed by atoms with Crippen LogP contribution in [0.2, 0.25) is 0 Å². The van der Waals surface area contributed by atoms with Crippen molar-refractivity contribution in [1.29, 1.82) is 0 Å². The number of nitrogens with zero attached hydrogens (tertiary/aromatic N) is 5. The van der Waals surface area contributed by atoms with Gasteiger partial charge < -0.3 is 14.5 Å². The van der Waals surface area contributed by atoms with Crippen LogP contribution in [0.1, 0.15) is 30.5 Å². The molecule has 3 aliphatic rings. The Kier molecular flexibility index (Phi) is 4.84. The molecule has 1 spiro atoms. The molecular formula is C19H29N5O2. The highest BCUT2D eigenvalue weighted by Crippen LogP contribution is 2.44. The van der Waals surface area contributed by atoms with Gasteiger partial charge in [-0.25, -0.2) is 9.97 Å². The van der Waals surface area contributed by atoms with Gasteiger partial charge in [0.1, 0.15) is 0 Å². The number of fused-ring (bicyclic) bond motifs is 2. The van der Waals surface area contributed by atoms with Crippen molar-refractivity contribution in [2.75, 3.05) is 64.9 Å². The summed E-state index contributed by atoms with van der Waals surface area (Å²) in [6.45, 7) is 5.35. The molecule has 0 bridgehead atoms. The van der Waals surface area contributed by atoms with Crippen molar-refractivity contribution >= 4 is 11.9 Å². The molecule has 1 aliphatic carbocycles. The Morgan fingerprint density at radius 1 is 1.27 bits per heavy atom. The molecule has 1 aromatic heterocycles. The number of morpholine rings is 1. The monoisotopic (exact) mass is 359 g/mol. The van der Waals surface area contributed by atoms with E-state index in [2.05, 4.69) is 14.8 Å². The minimum atomic E-state index is 0.0158. The Hall–Kier alpha value is -1.73. The SMILES string of the molecule is CN(C)c1ncc2c(n1)C1(CCCN(C(=O)CN3CCOCC3)C1)CC2. The second-order valence-corrected chi connectivity index (χ2v) is 8.03. The van der Waals surface area contributed by atoms with Gasteiger partial charge in [0.05, 0.1) is 25.5 Å². The lowest BCUT2D eigenvalue weighted by Gasteiger charge is -2.41. The summed E-state index contributed by atoms with van der Waals surface area (Å²) in [5.41, 5.74) is 2.46. The number of amides is 1. The topological polar surface area (TPSA) is 61.8 Å². The molecule has 2 fully saturated rings. The molecule has 2 saturated heterocycles. The molecule has 142 valence electrons. The molecule has 1 unspecified atom stereocenters. The third-order valence-electron chi connectivity index (χ3n) is 6.02. The molecule has 2 aliphatic heterocycles. The van der Waals surface area contributed by atoms with Crippen LogP contribution in [0.4, 0.5) is 5.95 Å². The minimum absolute atomic E-state index is 0.0158. The van der Waals surface area contributed by atoms with Crippen molar-refractivity contribution in [2.45, 2.75) is 31.1 Å². The number of carbonyl (C=O) groups is 1. The van der Waals surface area contributed by atoms with E-state index in [0.717, 1.165) is 71.0 Å². The normalized spacial score (nSPS) is 26.2. The first-order valence-corrected chi connectivity index (χ1v) is 9.69. The van der Waals surface area contributed by atoms with E-state index in [1.54, 1.807) is 0 Å². The number of anilines is 1. The maximum atomic E-state index is 12.9. The maximum Gasteiger partial charge on any atom is 0.236 e. The van der Waals surface area contributed by atoms with Gasteiger partial charge in [0, 0.05) is 51.9 Å². The lowest BCUT2D eigenvalue weighted by Crippen LogP contribution is -2.51. The van der Waals surface area contributed by atoms with E-state index in [4.69, 9.17) is 9.72 Å². The van der Waals surface area contributed by atoms with E-state index in [0.29, 0.717) is 6.54 Å². The first kappa shape index (κ1) is 17.7. The summed E-state index contributed by atoms with van der Waals surface area (Å²) in [5, 5.41) is 0. The van der Waals surface area contributed by atoms with Crippen LogP contribution >= 0.6 is 0 Å². The summed E-state index contributed by atoms with van der Waals surface area (Å²) in [4.78, 5) is 28.5. The van der Waals surface area contributed by atoms with Gasteiger partial charge in [-0.2, -0.15) is 0 Å². The van der Waals surface area contributed by atoms with Gasteiger partial charge in [-0.3, -0.25) is 9.69 Å². The Morgan fingerprint density at radius 2 is 2.08 bits per heavy atom. The summed E-state index contributed by atoms with van der Waals surface area (Å²) in [7, 11) is 3.95. The fourth-order valence-electron chi connectivity index (χ4n) is 4.54. The van der Waals surface area contributed by atoms with Crippen LogP contribution in [0, 0.1) is 0 Å². The minimum Gasteiger partial charge on any atom is -0.379 e. The number of likely N-dealkylation sites (tertiary alicyclic amines) is 1. The molecule has 0 aromatic carbocycles. The average Bonchev–Trinajstić information content (AvgIpc) is 3.00. The van der Waals surface area contributed by atoms with Crippen LogP contribution in [0.5, 0.6) is 0 Å². The Morgan fingerprint density at radius 3 is 2.85 bits per heavy atom. The standard InChI is InChI=1S/C19H29N5O2/c1-22(2)18-20-12-15-4-6-19(17(15)21-18)5-3-7-24(14-19)16(25)13-23-8-10-26-11-9-23/h12H,3-11,13-14H2,1-2H3. The number of aromatic nitrogens is 2. The molecule has 7 nitrogen and oxygen atoms in total. The van der Waals surface area contributed by atoms with Gasteiger partial charge >= 0.3 is 0 Å². The van der Waals surface area contributed by atoms with Crippen LogP contribution in [0.15, 0.2) is 6.20 Å². The van der Waals surface area contributed by atoms with E-state index < -0.39 is 0 Å². The van der Waals surface area contributed by atoms with Crippen LogP contribution in [0.25, 0.3) is 0 Å². The molecule has 26 heavy (non-hydrogen) atoms. The average molecular weight is 359 g/mol. The predicted octanol–water partition coefficient (Wildman–Crippen LogP) is 0.681. The summed E-state index contributed by atoms with van der Waals surface area (Å²) >= 11 is 0. The predicted molar refractivity (Wildman–Crippen MR) is 99.4 cm³/mol. The Bertz CT molecular complexity index is 670. The molecule has 0 radical (unpaired) electrons. The van der Waals surface area contributed by atoms with Crippen molar-refractivity contribution in [1.82, 2.24) is 19.8 Å². The van der Waals surface area contributed by atoms with Crippen molar-refractivity contribution in [3.05, 3.63) is 17.5 Å². The van der Waals surface area contributed by atoms with Crippen LogP contribution in [0.3, 0.4) is 0 Å². The first-order chi connectivity index (χ1) is 12.6. The summed E-state index contributed by atoms with van der Waals surface area (Å²) < 4.78 is 5.39. The van der Waals surface area contributed by atoms with Crippen molar-refractivity contribution in [3.63, 3.8) is 0 Å². The molecule has 1 atom stereocenters. The van der Waals surface area contributed by atoms with Crippen molar-refractivity contribution in [3.8, 4) is 0 Å². The number of hydrogen-bond donors (Lipinski definition) is 0. The molecule has 4 rings (SSSR count). The van der Waals surface area contributed by atoms with E-state index in [-0.39, 0.29) is 11.3 Å². The third kappa shape index (κ3) is 3.30. The zero-order valence-electron chi connectivity index (χ0n) is 15.9. The number of hydrogen-bond acceptors (Lipinski definition) is 6. The quantitative estimate of drug-likeness (QED) is 0.791. The van der Waals surface area contributed by atoms with Gasteiger partial charge in [-0.1, -0.05) is 0 Å². The van der Waals surface area contributed by atoms with Gasteiger partial charge in [-0.05, 0) is 31.2 Å². The highest BCUT2D eigenvalue weighted by atomic mass is 16.5. The zero-order valence-corrected chi connectivity index (χ0v) is 15.9. The third-order valence-corrected chi connectivity index (χ3v) is 6.02. The van der Waals surface area contributed by atoms with Gasteiger partial charge in [0.25, 0.3) is 0 Å². The van der Waals surface area contributed by atoms with E-state index >= 15 is 0 Å². The summed E-state index contributed by atoms with van der Waals surface area (Å²) in [5.74, 6) is 1.02. The van der Waals surface area contributed by atoms with E-state index in [1.807, 2.05) is 25.2 Å². The van der Waals surface area contributed by atoms with Crippen molar-refractivity contribution in [2.24, 2.45) is 0 Å². The molecule has 3 heterocycles. The van der Waals surface area contributed by atoms with E-state index in [1.165, 1.54) is 11.3 Å². The van der Waals surface area contributed by atoms with Crippen molar-refractivity contribution < 1.29 is 9.53 Å². The molecule has 1 aromatic rings. The summed E-state index contributed by atoms with van der Waals surface area (Å²) in [6.07, 6.45) is 6.26. The second kappa shape index (κ2) is 7.12. The zero-order chi connectivity index (χ0) is 18.1. The maximum absolute atomic E-state index is 12.9. The van der Waals surface area contributed by atoms with Gasteiger partial charge in [0.2, 0.25) is 11.9 Å². The largest absolute Gasteiger partial charge is 0.379 e. The molecular weight excluding hydrogens is 330 g/mol. The molecule has 1 amide bonds. The number of aryl methyl sites for hydroxylation is 1. The van der Waals surface area contributed by atoms with Crippen LogP contribution in [-0.2, 0) is 21.4 Å². The van der Waals surface area contributed by atoms with Crippen LogP contribution < -0.4 is 4.90 Å². The van der Waals surface area contributed by atoms with Gasteiger partial charge in [0.15, 0.2) is 0 Å². The van der Waals surface area contributed by atoms with E-state index in [9.17, 15) is 4.79 Å². The fourth-order valence-corrected chi connectivity index (χ4v) is 4.54. The first-order valence-electron chi connectivity index (χ1n) is 9.69. The number of piperidine rings is 1. The fraction of sp³-hybridized carbons (Fsp3) is 0.737. The molecule has 0 N–H and O–H groups in total. The second-order valence-electron chi connectivity index (χ2n) is 8.03. The molecule has 0 saturated carbocycles. The Balaban J connectivity index is 1.50. The lowest BCUT2D eigenvalue weighted by molar-refractivity contribution is -0.135.